The van der Waals surface area contributed by atoms with Crippen LogP contribution in [0.3, 0.4) is 0 Å². The van der Waals surface area contributed by atoms with Gasteiger partial charge in [0.2, 0.25) is 5.39 Å². The molecule has 0 fully saturated rings. The molecule has 0 atom stereocenters. The largest absolute Gasteiger partial charge is 0.505 e. The molecular weight excluding hydrogens is 215 g/mol. The number of alkyl halides is 3. The number of halogens is 3. The van der Waals surface area contributed by atoms with Gasteiger partial charge in [-0.05, 0) is 6.42 Å². The van der Waals surface area contributed by atoms with E-state index in [1.54, 1.807) is 5.32 Å². The van der Waals surface area contributed by atoms with Crippen molar-refractivity contribution in [3.63, 3.8) is 0 Å². The van der Waals surface area contributed by atoms with E-state index in [0.717, 1.165) is 6.20 Å². The Morgan fingerprint density at radius 2 is 2.13 bits per heavy atom. The minimum atomic E-state index is -4.89. The highest BCUT2D eigenvalue weighted by atomic mass is 19.4. The molecule has 0 aliphatic carbocycles. The average molecular weight is 224 g/mol. The molecule has 0 rings (SSSR count). The van der Waals surface area contributed by atoms with Crippen molar-refractivity contribution >= 4 is 5.91 Å². The van der Waals surface area contributed by atoms with Gasteiger partial charge in [0.25, 0.3) is 0 Å². The normalized spacial score (nSPS) is 12.0. The molecule has 0 saturated heterocycles. The Kier molecular flexibility index (Phi) is 5.15. The molecule has 0 aliphatic rings. The number of amides is 1. The van der Waals surface area contributed by atoms with E-state index in [2.05, 4.69) is 4.98 Å². The van der Waals surface area contributed by atoms with Gasteiger partial charge >= 0.3 is 18.3 Å². The zero-order chi connectivity index (χ0) is 11.9. The van der Waals surface area contributed by atoms with E-state index in [9.17, 15) is 18.0 Å². The lowest BCUT2D eigenvalue weighted by molar-refractivity contribution is -0.173. The van der Waals surface area contributed by atoms with E-state index in [-0.39, 0.29) is 25.1 Å². The fourth-order valence-electron chi connectivity index (χ4n) is 0.703. The molecule has 8 heteroatoms. The molecular formula is C7H9F3N3O2+. The SMILES string of the molecule is N#[N+]/C=C(/O)CCCNC(=O)C(F)(F)F. The standard InChI is InChI=1S/C7H8F3N3O2/c8-7(9,10)6(15)12-3-1-2-5(14)4-13-11/h4H,1-3H2,(H-,12,14,15)/p+1/b5-4+. The third kappa shape index (κ3) is 6.31. The van der Waals surface area contributed by atoms with E-state index >= 15 is 0 Å². The predicted octanol–water partition coefficient (Wildman–Crippen LogP) is 1.70. The van der Waals surface area contributed by atoms with Crippen molar-refractivity contribution in [2.24, 2.45) is 0 Å². The minimum Gasteiger partial charge on any atom is -0.505 e. The Hall–Kier alpha value is -1.78. The second-order valence-corrected chi connectivity index (χ2v) is 2.59. The van der Waals surface area contributed by atoms with Crippen molar-refractivity contribution in [2.45, 2.75) is 19.0 Å². The molecule has 0 radical (unpaired) electrons. The molecule has 2 N–H and O–H groups in total. The summed E-state index contributed by atoms with van der Waals surface area (Å²) in [5.74, 6) is -2.29. The van der Waals surface area contributed by atoms with Crippen molar-refractivity contribution in [3.8, 4) is 0 Å². The predicted molar refractivity (Wildman–Crippen MR) is 44.1 cm³/mol. The third-order valence-electron chi connectivity index (χ3n) is 1.36. The first-order chi connectivity index (χ1) is 6.88. The summed E-state index contributed by atoms with van der Waals surface area (Å²) < 4.78 is 34.9. The molecule has 0 unspecified atom stereocenters. The number of diazo groups is 1. The summed E-state index contributed by atoms with van der Waals surface area (Å²) in [6.45, 7) is -0.221. The molecule has 0 saturated carbocycles. The van der Waals surface area contributed by atoms with Crippen molar-refractivity contribution in [3.05, 3.63) is 16.9 Å². The molecule has 1 amide bonds. The monoisotopic (exact) mass is 224 g/mol. The molecule has 0 aromatic carbocycles. The maximum absolute atomic E-state index is 11.6. The molecule has 0 aromatic heterocycles. The minimum absolute atomic E-state index is 0.0161. The van der Waals surface area contributed by atoms with Gasteiger partial charge in [-0.25, -0.2) is 0 Å². The molecule has 5 nitrogen and oxygen atoms in total. The van der Waals surface area contributed by atoms with Gasteiger partial charge in [-0.15, -0.1) is 0 Å². The first kappa shape index (κ1) is 13.2. The van der Waals surface area contributed by atoms with Gasteiger partial charge in [0.15, 0.2) is 10.7 Å². The van der Waals surface area contributed by atoms with Crippen LogP contribution in [0, 0.1) is 5.39 Å². The van der Waals surface area contributed by atoms with Gasteiger partial charge in [-0.1, -0.05) is 0 Å². The van der Waals surface area contributed by atoms with Gasteiger partial charge in [-0.3, -0.25) is 4.79 Å². The van der Waals surface area contributed by atoms with Crippen molar-refractivity contribution in [1.82, 2.24) is 5.32 Å². The van der Waals surface area contributed by atoms with E-state index in [4.69, 9.17) is 10.5 Å². The van der Waals surface area contributed by atoms with Gasteiger partial charge in [0, 0.05) is 13.0 Å². The van der Waals surface area contributed by atoms with Crippen LogP contribution < -0.4 is 5.32 Å². The van der Waals surface area contributed by atoms with Crippen LogP contribution >= 0.6 is 0 Å². The third-order valence-corrected chi connectivity index (χ3v) is 1.36. The van der Waals surface area contributed by atoms with Crippen LogP contribution in [0.15, 0.2) is 12.0 Å². The van der Waals surface area contributed by atoms with Crippen LogP contribution in [0.4, 0.5) is 13.2 Å². The second kappa shape index (κ2) is 5.85. The van der Waals surface area contributed by atoms with Crippen LogP contribution in [0.25, 0.3) is 4.98 Å². The van der Waals surface area contributed by atoms with Gasteiger partial charge < -0.3 is 10.4 Å². The highest BCUT2D eigenvalue weighted by Gasteiger charge is 2.38. The highest BCUT2D eigenvalue weighted by molar-refractivity contribution is 5.81. The highest BCUT2D eigenvalue weighted by Crippen LogP contribution is 2.14. The zero-order valence-corrected chi connectivity index (χ0v) is 7.58. The molecule has 0 heterocycles. The van der Waals surface area contributed by atoms with Crippen LogP contribution in [-0.2, 0) is 4.79 Å². The molecule has 84 valence electrons. The number of hydrogen-bond donors (Lipinski definition) is 2. The smallest absolute Gasteiger partial charge is 0.471 e. The Labute approximate surface area is 83.2 Å². The summed E-state index contributed by atoms with van der Waals surface area (Å²) in [5, 5.41) is 18.4. The number of aliphatic hydroxyl groups is 1. The maximum atomic E-state index is 11.6. The quantitative estimate of drug-likeness (QED) is 0.433. The summed E-state index contributed by atoms with van der Waals surface area (Å²) in [6.07, 6.45) is -4.01. The summed E-state index contributed by atoms with van der Waals surface area (Å²) in [4.78, 5) is 12.8. The maximum Gasteiger partial charge on any atom is 0.471 e. The van der Waals surface area contributed by atoms with E-state index in [0.29, 0.717) is 0 Å². The molecule has 0 spiro atoms. The molecule has 0 aliphatic heterocycles. The number of rotatable bonds is 4. The van der Waals surface area contributed by atoms with Crippen molar-refractivity contribution in [2.75, 3.05) is 6.54 Å². The van der Waals surface area contributed by atoms with Crippen LogP contribution in [0.1, 0.15) is 12.8 Å². The number of hydrogen-bond acceptors (Lipinski definition) is 3. The number of aliphatic hydroxyl groups excluding tert-OH is 1. The Morgan fingerprint density at radius 1 is 1.53 bits per heavy atom. The number of nitrogens with zero attached hydrogens (tertiary/aromatic N) is 2. The summed E-state index contributed by atoms with van der Waals surface area (Å²) in [7, 11) is 0. The average Bonchev–Trinajstić information content (AvgIpc) is 2.11. The number of allylic oxidation sites excluding steroid dienone is 1. The van der Waals surface area contributed by atoms with Crippen LogP contribution in [0.5, 0.6) is 0 Å². The zero-order valence-electron chi connectivity index (χ0n) is 7.58. The molecule has 15 heavy (non-hydrogen) atoms. The lowest BCUT2D eigenvalue weighted by Gasteiger charge is -2.06. The van der Waals surface area contributed by atoms with Crippen molar-refractivity contribution in [1.29, 1.82) is 5.39 Å². The number of nitrogens with one attached hydrogen (secondary N) is 1. The lowest BCUT2D eigenvalue weighted by Crippen LogP contribution is -2.37. The van der Waals surface area contributed by atoms with E-state index in [1.165, 1.54) is 0 Å². The molecule has 0 aromatic rings. The van der Waals surface area contributed by atoms with Gasteiger partial charge in [0.1, 0.15) is 0 Å². The summed E-state index contributed by atoms with van der Waals surface area (Å²) >= 11 is 0. The van der Waals surface area contributed by atoms with Gasteiger partial charge in [-0.2, -0.15) is 13.2 Å². The first-order valence-electron chi connectivity index (χ1n) is 3.95. The Morgan fingerprint density at radius 3 is 2.60 bits per heavy atom. The lowest BCUT2D eigenvalue weighted by atomic mass is 10.3. The summed E-state index contributed by atoms with van der Waals surface area (Å²) in [6, 6.07) is 0. The number of carbonyl (C=O) groups is 1. The Bertz CT molecular complexity index is 293. The summed E-state index contributed by atoms with van der Waals surface area (Å²) in [5.41, 5.74) is 0. The van der Waals surface area contributed by atoms with Crippen molar-refractivity contribution < 1.29 is 23.1 Å². The van der Waals surface area contributed by atoms with Gasteiger partial charge in [0.05, 0.1) is 0 Å². The second-order valence-electron chi connectivity index (χ2n) is 2.59. The van der Waals surface area contributed by atoms with E-state index < -0.39 is 12.1 Å². The number of carbonyl (C=O) groups excluding carboxylic acids is 1. The first-order valence-corrected chi connectivity index (χ1v) is 3.95. The topological polar surface area (TPSA) is 77.5 Å². The van der Waals surface area contributed by atoms with E-state index in [1.807, 2.05) is 0 Å². The Balaban J connectivity index is 3.70. The van der Waals surface area contributed by atoms with Crippen LogP contribution in [0.2, 0.25) is 0 Å². The fourth-order valence-corrected chi connectivity index (χ4v) is 0.703. The fraction of sp³-hybridized carbons (Fsp3) is 0.571. The molecule has 0 bridgehead atoms. The van der Waals surface area contributed by atoms with Crippen LogP contribution in [-0.4, -0.2) is 23.7 Å².